The lowest BCUT2D eigenvalue weighted by Crippen LogP contribution is -2.24. The molecule has 0 aromatic carbocycles. The smallest absolute Gasteiger partial charge is 0.253 e. The van der Waals surface area contributed by atoms with E-state index in [1.54, 1.807) is 6.07 Å². The van der Waals surface area contributed by atoms with Crippen molar-refractivity contribution >= 4 is 17.5 Å². The van der Waals surface area contributed by atoms with Gasteiger partial charge in [0, 0.05) is 6.20 Å². The number of hydrogen-bond donors (Lipinski definition) is 2. The lowest BCUT2D eigenvalue weighted by Gasteiger charge is -2.22. The van der Waals surface area contributed by atoms with E-state index in [2.05, 4.69) is 30.9 Å². The van der Waals surface area contributed by atoms with Crippen LogP contribution in [0.4, 0.5) is 0 Å². The molecule has 23 heavy (non-hydrogen) atoms. The first-order chi connectivity index (χ1) is 11.2. The van der Waals surface area contributed by atoms with Gasteiger partial charge in [-0.2, -0.15) is 5.21 Å². The fourth-order valence-corrected chi connectivity index (χ4v) is 2.71. The quantitative estimate of drug-likeness (QED) is 0.863. The Hall–Kier alpha value is -2.22. The number of halogens is 1. The first-order valence-electron chi connectivity index (χ1n) is 7.55. The van der Waals surface area contributed by atoms with E-state index in [1.165, 1.54) is 25.5 Å². The summed E-state index contributed by atoms with van der Waals surface area (Å²) < 4.78 is 5.83. The number of aromatic amines is 1. The summed E-state index contributed by atoms with van der Waals surface area (Å²) in [5.74, 6) is 0.469. The molecule has 0 saturated heterocycles. The maximum Gasteiger partial charge on any atom is 0.253 e. The Morgan fingerprint density at radius 3 is 2.91 bits per heavy atom. The van der Waals surface area contributed by atoms with Crippen LogP contribution in [0.5, 0.6) is 5.88 Å². The molecular formula is C14H17ClN6O2. The van der Waals surface area contributed by atoms with Crippen LogP contribution in [-0.2, 0) is 6.54 Å². The van der Waals surface area contributed by atoms with Gasteiger partial charge in [0.1, 0.15) is 11.1 Å². The van der Waals surface area contributed by atoms with Gasteiger partial charge in [-0.05, 0) is 31.7 Å². The van der Waals surface area contributed by atoms with Crippen molar-refractivity contribution in [3.05, 3.63) is 28.7 Å². The first kappa shape index (κ1) is 15.7. The molecule has 9 heteroatoms. The normalized spacial score (nSPS) is 15.3. The molecule has 1 saturated carbocycles. The highest BCUT2D eigenvalue weighted by molar-refractivity contribution is 6.32. The number of nitrogens with zero attached hydrogens (tertiary/aromatic N) is 4. The zero-order chi connectivity index (χ0) is 16.1. The molecule has 3 rings (SSSR count). The lowest BCUT2D eigenvalue weighted by atomic mass is 9.98. The summed E-state index contributed by atoms with van der Waals surface area (Å²) >= 11 is 6.19. The van der Waals surface area contributed by atoms with E-state index in [4.69, 9.17) is 16.3 Å². The number of rotatable bonds is 5. The molecule has 1 amide bonds. The fourth-order valence-electron chi connectivity index (χ4n) is 2.50. The molecule has 0 atom stereocenters. The highest BCUT2D eigenvalue weighted by Crippen LogP contribution is 2.27. The van der Waals surface area contributed by atoms with Crippen LogP contribution in [0.3, 0.4) is 0 Å². The van der Waals surface area contributed by atoms with E-state index in [-0.39, 0.29) is 18.6 Å². The van der Waals surface area contributed by atoms with Crippen LogP contribution in [0.2, 0.25) is 5.02 Å². The molecule has 2 aromatic heterocycles. The van der Waals surface area contributed by atoms with Crippen molar-refractivity contribution in [2.45, 2.75) is 44.8 Å². The molecule has 0 spiro atoms. The molecular weight excluding hydrogens is 320 g/mol. The average Bonchev–Trinajstić information content (AvgIpc) is 3.09. The highest BCUT2D eigenvalue weighted by atomic mass is 35.5. The van der Waals surface area contributed by atoms with E-state index in [1.807, 2.05) is 0 Å². The number of carbonyl (C=O) groups is 1. The van der Waals surface area contributed by atoms with Crippen LogP contribution in [0.15, 0.2) is 12.3 Å². The van der Waals surface area contributed by atoms with Gasteiger partial charge >= 0.3 is 0 Å². The molecule has 2 aromatic rings. The summed E-state index contributed by atoms with van der Waals surface area (Å²) in [5.41, 5.74) is 0.356. The minimum absolute atomic E-state index is 0.159. The molecule has 0 radical (unpaired) electrons. The summed E-state index contributed by atoms with van der Waals surface area (Å²) in [6, 6.07) is 1.55. The third kappa shape index (κ3) is 4.16. The summed E-state index contributed by atoms with van der Waals surface area (Å²) in [5, 5.41) is 16.2. The zero-order valence-electron chi connectivity index (χ0n) is 12.5. The minimum Gasteiger partial charge on any atom is -0.473 e. The Bertz CT molecular complexity index is 657. The van der Waals surface area contributed by atoms with Crippen LogP contribution in [-0.4, -0.2) is 37.6 Å². The largest absolute Gasteiger partial charge is 0.473 e. The average molecular weight is 337 g/mol. The number of amides is 1. The molecule has 8 nitrogen and oxygen atoms in total. The number of pyridine rings is 1. The molecule has 122 valence electrons. The number of ether oxygens (including phenoxy) is 1. The Labute approximate surface area is 138 Å². The van der Waals surface area contributed by atoms with E-state index in [0.29, 0.717) is 22.3 Å². The van der Waals surface area contributed by atoms with Gasteiger partial charge in [0.2, 0.25) is 5.88 Å². The van der Waals surface area contributed by atoms with Gasteiger partial charge in [0.15, 0.2) is 5.82 Å². The van der Waals surface area contributed by atoms with Crippen molar-refractivity contribution in [3.63, 3.8) is 0 Å². The Morgan fingerprint density at radius 1 is 1.39 bits per heavy atom. The molecule has 2 heterocycles. The third-order valence-electron chi connectivity index (χ3n) is 3.70. The number of tetrazole rings is 1. The summed E-state index contributed by atoms with van der Waals surface area (Å²) in [4.78, 5) is 16.2. The second-order valence-corrected chi connectivity index (χ2v) is 5.81. The van der Waals surface area contributed by atoms with E-state index >= 15 is 0 Å². The predicted octanol–water partition coefficient (Wildman–Crippen LogP) is 1.89. The first-order valence-corrected chi connectivity index (χ1v) is 7.93. The van der Waals surface area contributed by atoms with Crippen LogP contribution in [0.25, 0.3) is 0 Å². The minimum atomic E-state index is -0.312. The Balaban J connectivity index is 1.60. The van der Waals surface area contributed by atoms with Gasteiger partial charge < -0.3 is 10.1 Å². The molecule has 1 fully saturated rings. The molecule has 1 aliphatic carbocycles. The van der Waals surface area contributed by atoms with Gasteiger partial charge in [0.25, 0.3) is 5.91 Å². The monoisotopic (exact) mass is 336 g/mol. The standard InChI is InChI=1S/C14H17ClN6O2/c15-11-6-9(13(22)16-8-12-18-20-21-19-12)7-17-14(11)23-10-4-2-1-3-5-10/h6-7,10H,1-5,8H2,(H,16,22)(H,18,19,20,21). The van der Waals surface area contributed by atoms with Crippen LogP contribution in [0, 0.1) is 0 Å². The molecule has 0 unspecified atom stereocenters. The topological polar surface area (TPSA) is 106 Å². The highest BCUT2D eigenvalue weighted by Gasteiger charge is 2.18. The van der Waals surface area contributed by atoms with Gasteiger partial charge in [-0.3, -0.25) is 4.79 Å². The van der Waals surface area contributed by atoms with Crippen LogP contribution < -0.4 is 10.1 Å². The van der Waals surface area contributed by atoms with Crippen molar-refractivity contribution in [2.24, 2.45) is 0 Å². The second kappa shape index (κ2) is 7.36. The fraction of sp³-hybridized carbons (Fsp3) is 0.500. The van der Waals surface area contributed by atoms with E-state index in [9.17, 15) is 4.79 Å². The van der Waals surface area contributed by atoms with Crippen LogP contribution in [0.1, 0.15) is 48.3 Å². The van der Waals surface area contributed by atoms with Crippen molar-refractivity contribution in [1.82, 2.24) is 30.9 Å². The molecule has 0 aliphatic heterocycles. The lowest BCUT2D eigenvalue weighted by molar-refractivity contribution is 0.0949. The van der Waals surface area contributed by atoms with Gasteiger partial charge in [0.05, 0.1) is 12.1 Å². The summed E-state index contributed by atoms with van der Waals surface area (Å²) in [6.45, 7) is 0.174. The number of nitrogens with one attached hydrogen (secondary N) is 2. The summed E-state index contributed by atoms with van der Waals surface area (Å²) in [6.07, 6.45) is 7.23. The second-order valence-electron chi connectivity index (χ2n) is 5.40. The summed E-state index contributed by atoms with van der Waals surface area (Å²) in [7, 11) is 0. The van der Waals surface area contributed by atoms with E-state index < -0.39 is 0 Å². The van der Waals surface area contributed by atoms with Gasteiger partial charge in [-0.1, -0.05) is 23.2 Å². The number of carbonyl (C=O) groups excluding carboxylic acids is 1. The van der Waals surface area contributed by atoms with Crippen molar-refractivity contribution in [1.29, 1.82) is 0 Å². The predicted molar refractivity (Wildman–Crippen MR) is 82.1 cm³/mol. The van der Waals surface area contributed by atoms with Crippen molar-refractivity contribution in [3.8, 4) is 5.88 Å². The maximum atomic E-state index is 12.1. The maximum absolute atomic E-state index is 12.1. The third-order valence-corrected chi connectivity index (χ3v) is 3.97. The molecule has 1 aliphatic rings. The molecule has 0 bridgehead atoms. The zero-order valence-corrected chi connectivity index (χ0v) is 13.2. The van der Waals surface area contributed by atoms with Crippen LogP contribution >= 0.6 is 11.6 Å². The molecule has 2 N–H and O–H groups in total. The van der Waals surface area contributed by atoms with Crippen molar-refractivity contribution in [2.75, 3.05) is 0 Å². The number of H-pyrrole nitrogens is 1. The van der Waals surface area contributed by atoms with Gasteiger partial charge in [-0.15, -0.1) is 10.2 Å². The number of aromatic nitrogens is 5. The SMILES string of the molecule is O=C(NCc1nn[nH]n1)c1cnc(OC2CCCCC2)c(Cl)c1. The Kier molecular flexibility index (Phi) is 5.02. The van der Waals surface area contributed by atoms with Gasteiger partial charge in [-0.25, -0.2) is 4.98 Å². The van der Waals surface area contributed by atoms with Crippen molar-refractivity contribution < 1.29 is 9.53 Å². The number of hydrogen-bond acceptors (Lipinski definition) is 6. The van der Waals surface area contributed by atoms with E-state index in [0.717, 1.165) is 12.8 Å². The Morgan fingerprint density at radius 2 is 2.22 bits per heavy atom.